The molecule has 0 bridgehead atoms. The highest BCUT2D eigenvalue weighted by Gasteiger charge is 2.26. The Balaban J connectivity index is 2.07. The molecule has 94 valence electrons. The first-order valence-corrected chi connectivity index (χ1v) is 7.54. The van der Waals surface area contributed by atoms with E-state index >= 15 is 0 Å². The molecule has 17 heavy (non-hydrogen) atoms. The van der Waals surface area contributed by atoms with Crippen LogP contribution in [0.2, 0.25) is 0 Å². The molecule has 0 spiro atoms. The summed E-state index contributed by atoms with van der Waals surface area (Å²) in [5.41, 5.74) is 1.36. The third-order valence-electron chi connectivity index (χ3n) is 3.19. The molecule has 1 aromatic rings. The molecule has 0 atom stereocenters. The van der Waals surface area contributed by atoms with Gasteiger partial charge >= 0.3 is 0 Å². The van der Waals surface area contributed by atoms with E-state index in [1.807, 2.05) is 11.8 Å². The normalized spacial score (nSPS) is 17.4. The lowest BCUT2D eigenvalue weighted by molar-refractivity contribution is 0.0843. The molecule has 1 heterocycles. The van der Waals surface area contributed by atoms with Gasteiger partial charge in [0.15, 0.2) is 0 Å². The predicted octanol–water partition coefficient (Wildman–Crippen LogP) is 4.68. The van der Waals surface area contributed by atoms with E-state index in [0.717, 1.165) is 18.6 Å². The van der Waals surface area contributed by atoms with Gasteiger partial charge in [0.05, 0.1) is 0 Å². The maximum absolute atomic E-state index is 6.05. The Morgan fingerprint density at radius 3 is 2.94 bits per heavy atom. The Labute approximate surface area is 109 Å². The summed E-state index contributed by atoms with van der Waals surface area (Å²) in [6.07, 6.45) is 4.81. The number of benzene rings is 1. The molecule has 1 aliphatic heterocycles. The van der Waals surface area contributed by atoms with Crippen LogP contribution in [0.1, 0.15) is 45.6 Å². The summed E-state index contributed by atoms with van der Waals surface area (Å²) in [6, 6.07) is 6.69. The van der Waals surface area contributed by atoms with E-state index in [1.54, 1.807) is 0 Å². The van der Waals surface area contributed by atoms with Crippen molar-refractivity contribution in [2.24, 2.45) is 0 Å². The van der Waals surface area contributed by atoms with Crippen molar-refractivity contribution < 1.29 is 4.74 Å². The lowest BCUT2D eigenvalue weighted by Gasteiger charge is -2.32. The molecule has 0 saturated heterocycles. The molecule has 0 N–H and O–H groups in total. The zero-order valence-electron chi connectivity index (χ0n) is 11.1. The summed E-state index contributed by atoms with van der Waals surface area (Å²) in [5, 5.41) is 0. The second-order valence-corrected chi connectivity index (χ2v) is 6.50. The van der Waals surface area contributed by atoms with Gasteiger partial charge in [0.2, 0.25) is 0 Å². The molecule has 2 heteroatoms. The van der Waals surface area contributed by atoms with Crippen LogP contribution in [-0.2, 0) is 6.42 Å². The smallest absolute Gasteiger partial charge is 0.124 e. The van der Waals surface area contributed by atoms with Crippen LogP contribution in [0.25, 0.3) is 0 Å². The predicted molar refractivity (Wildman–Crippen MR) is 75.1 cm³/mol. The number of rotatable bonds is 4. The van der Waals surface area contributed by atoms with Crippen molar-refractivity contribution in [3.63, 3.8) is 0 Å². The second kappa shape index (κ2) is 5.34. The van der Waals surface area contributed by atoms with Crippen LogP contribution in [0.3, 0.4) is 0 Å². The molecular weight excluding hydrogens is 228 g/mol. The minimum atomic E-state index is -0.000289. The van der Waals surface area contributed by atoms with Crippen molar-refractivity contribution in [3.05, 3.63) is 23.8 Å². The first-order valence-electron chi connectivity index (χ1n) is 6.55. The van der Waals surface area contributed by atoms with Crippen LogP contribution in [0.5, 0.6) is 5.75 Å². The standard InChI is InChI=1S/C15H22OS/c1-4-5-10-17-13-7-6-12-8-9-15(2,3)16-14(12)11-13/h6-7,11H,4-5,8-10H2,1-3H3. The Morgan fingerprint density at radius 1 is 1.35 bits per heavy atom. The maximum atomic E-state index is 6.05. The largest absolute Gasteiger partial charge is 0.488 e. The topological polar surface area (TPSA) is 9.23 Å². The second-order valence-electron chi connectivity index (χ2n) is 5.33. The molecular formula is C15H22OS. The van der Waals surface area contributed by atoms with E-state index in [0.29, 0.717) is 0 Å². The fourth-order valence-electron chi connectivity index (χ4n) is 2.04. The summed E-state index contributed by atoms with van der Waals surface area (Å²) in [6.45, 7) is 6.58. The maximum Gasteiger partial charge on any atom is 0.124 e. The molecule has 0 aromatic heterocycles. The fourth-order valence-corrected chi connectivity index (χ4v) is 3.07. The summed E-state index contributed by atoms with van der Waals surface area (Å²) >= 11 is 1.94. The van der Waals surface area contributed by atoms with Crippen molar-refractivity contribution in [1.82, 2.24) is 0 Å². The van der Waals surface area contributed by atoms with Gasteiger partial charge in [-0.3, -0.25) is 0 Å². The number of unbranched alkanes of at least 4 members (excludes halogenated alkanes) is 1. The molecule has 2 rings (SSSR count). The van der Waals surface area contributed by atoms with Gasteiger partial charge in [0.25, 0.3) is 0 Å². The quantitative estimate of drug-likeness (QED) is 0.566. The molecule has 1 aromatic carbocycles. The van der Waals surface area contributed by atoms with Gasteiger partial charge in [-0.05, 0) is 56.6 Å². The van der Waals surface area contributed by atoms with E-state index in [-0.39, 0.29) is 5.60 Å². The van der Waals surface area contributed by atoms with Crippen molar-refractivity contribution in [1.29, 1.82) is 0 Å². The van der Waals surface area contributed by atoms with E-state index in [2.05, 4.69) is 39.0 Å². The summed E-state index contributed by atoms with van der Waals surface area (Å²) in [7, 11) is 0. The molecule has 0 saturated carbocycles. The van der Waals surface area contributed by atoms with Crippen molar-refractivity contribution in [2.75, 3.05) is 5.75 Å². The third kappa shape index (κ3) is 3.41. The van der Waals surface area contributed by atoms with E-state index in [4.69, 9.17) is 4.74 Å². The van der Waals surface area contributed by atoms with Gasteiger partial charge in [-0.25, -0.2) is 0 Å². The molecule has 0 radical (unpaired) electrons. The molecule has 0 fully saturated rings. The minimum Gasteiger partial charge on any atom is -0.488 e. The number of fused-ring (bicyclic) bond motifs is 1. The highest BCUT2D eigenvalue weighted by Crippen LogP contribution is 2.35. The zero-order chi connectivity index (χ0) is 12.3. The molecule has 0 unspecified atom stereocenters. The van der Waals surface area contributed by atoms with Gasteiger partial charge in [0.1, 0.15) is 11.4 Å². The fraction of sp³-hybridized carbons (Fsp3) is 0.600. The van der Waals surface area contributed by atoms with Crippen molar-refractivity contribution in [2.45, 2.75) is 57.0 Å². The van der Waals surface area contributed by atoms with Crippen LogP contribution in [0, 0.1) is 0 Å². The van der Waals surface area contributed by atoms with E-state index in [1.165, 1.54) is 29.1 Å². The molecule has 1 nitrogen and oxygen atoms in total. The number of hydrogen-bond donors (Lipinski definition) is 0. The average molecular weight is 250 g/mol. The van der Waals surface area contributed by atoms with Crippen LogP contribution in [-0.4, -0.2) is 11.4 Å². The zero-order valence-corrected chi connectivity index (χ0v) is 11.9. The van der Waals surface area contributed by atoms with Crippen molar-refractivity contribution >= 4 is 11.8 Å². The SMILES string of the molecule is CCCCSc1ccc2c(c1)OC(C)(C)CC2. The highest BCUT2D eigenvalue weighted by molar-refractivity contribution is 7.99. The van der Waals surface area contributed by atoms with Crippen LogP contribution in [0.4, 0.5) is 0 Å². The Hall–Kier alpha value is -0.630. The Kier molecular flexibility index (Phi) is 4.03. The Morgan fingerprint density at radius 2 is 2.18 bits per heavy atom. The van der Waals surface area contributed by atoms with Gasteiger partial charge < -0.3 is 4.74 Å². The van der Waals surface area contributed by atoms with Crippen LogP contribution < -0.4 is 4.74 Å². The third-order valence-corrected chi connectivity index (χ3v) is 4.27. The van der Waals surface area contributed by atoms with Crippen molar-refractivity contribution in [3.8, 4) is 5.75 Å². The number of ether oxygens (including phenoxy) is 1. The molecule has 0 aliphatic carbocycles. The number of aryl methyl sites for hydroxylation is 1. The van der Waals surface area contributed by atoms with Crippen LogP contribution in [0.15, 0.2) is 23.1 Å². The lowest BCUT2D eigenvalue weighted by atomic mass is 9.94. The van der Waals surface area contributed by atoms with Gasteiger partial charge in [-0.2, -0.15) is 0 Å². The van der Waals surface area contributed by atoms with E-state index < -0.39 is 0 Å². The lowest BCUT2D eigenvalue weighted by Crippen LogP contribution is -2.32. The summed E-state index contributed by atoms with van der Waals surface area (Å²) in [4.78, 5) is 1.34. The first-order chi connectivity index (χ1) is 8.11. The van der Waals surface area contributed by atoms with Gasteiger partial charge in [0, 0.05) is 4.90 Å². The number of thioether (sulfide) groups is 1. The highest BCUT2D eigenvalue weighted by atomic mass is 32.2. The van der Waals surface area contributed by atoms with E-state index in [9.17, 15) is 0 Å². The minimum absolute atomic E-state index is 0.000289. The average Bonchev–Trinajstić information content (AvgIpc) is 2.28. The van der Waals surface area contributed by atoms with Crippen LogP contribution >= 0.6 is 11.8 Å². The molecule has 1 aliphatic rings. The van der Waals surface area contributed by atoms with Gasteiger partial charge in [-0.15, -0.1) is 11.8 Å². The first kappa shape index (κ1) is 12.8. The number of hydrogen-bond acceptors (Lipinski definition) is 2. The van der Waals surface area contributed by atoms with Gasteiger partial charge in [-0.1, -0.05) is 19.4 Å². The monoisotopic (exact) mass is 250 g/mol. The summed E-state index contributed by atoms with van der Waals surface area (Å²) in [5.74, 6) is 2.31. The molecule has 0 amide bonds. The summed E-state index contributed by atoms with van der Waals surface area (Å²) < 4.78 is 6.05. The Bertz CT molecular complexity index is 385.